The molecule has 0 atom stereocenters. The van der Waals surface area contributed by atoms with Gasteiger partial charge in [0.15, 0.2) is 0 Å². The number of hydrogen-bond acceptors (Lipinski definition) is 0. The van der Waals surface area contributed by atoms with E-state index in [0.717, 1.165) is 25.7 Å². The second-order valence-corrected chi connectivity index (χ2v) is 3.93. The molecular weight excluding hydrogens is 336 g/mol. The minimum atomic E-state index is 1.00. The first kappa shape index (κ1) is 25.0. The Bertz CT molecular complexity index is 263. The zero-order valence-corrected chi connectivity index (χ0v) is 17.0. The molecule has 2 rings (SSSR count). The van der Waals surface area contributed by atoms with Crippen LogP contribution < -0.4 is 0 Å². The van der Waals surface area contributed by atoms with E-state index in [9.17, 15) is 0 Å². The summed E-state index contributed by atoms with van der Waals surface area (Å²) >= 11 is 1.36. The molecule has 0 aromatic carbocycles. The van der Waals surface area contributed by atoms with Crippen molar-refractivity contribution in [1.82, 2.24) is 0 Å². The van der Waals surface area contributed by atoms with Crippen LogP contribution in [0.25, 0.3) is 0 Å². The van der Waals surface area contributed by atoms with Crippen molar-refractivity contribution in [2.24, 2.45) is 0 Å². The molecule has 0 N–H and O–H groups in total. The van der Waals surface area contributed by atoms with E-state index in [1.165, 1.54) is 34.5 Å². The molecule has 20 heavy (non-hydrogen) atoms. The van der Waals surface area contributed by atoms with E-state index in [1.807, 2.05) is 13.8 Å². The van der Waals surface area contributed by atoms with Gasteiger partial charge in [0.1, 0.15) is 0 Å². The van der Waals surface area contributed by atoms with Crippen LogP contribution in [0.2, 0.25) is 0 Å². The Kier molecular flexibility index (Phi) is 30.2. The molecule has 2 aliphatic carbocycles. The summed E-state index contributed by atoms with van der Waals surface area (Å²) in [5.41, 5.74) is 2.55. The summed E-state index contributed by atoms with van der Waals surface area (Å²) in [6.07, 6.45) is 18.7. The molecule has 2 heteroatoms. The Morgan fingerprint density at radius 1 is 0.950 bits per heavy atom. The number of allylic oxidation sites excluding steroid dienone is 8. The molecule has 0 heterocycles. The van der Waals surface area contributed by atoms with Crippen LogP contribution in [0.5, 0.6) is 0 Å². The van der Waals surface area contributed by atoms with E-state index in [4.69, 9.17) is 0 Å². The van der Waals surface area contributed by atoms with Crippen LogP contribution in [0.3, 0.4) is 0 Å². The summed E-state index contributed by atoms with van der Waals surface area (Å²) < 4.78 is 0. The molecule has 0 aliphatic heterocycles. The van der Waals surface area contributed by atoms with Gasteiger partial charge >= 0.3 is 30.2 Å². The molecule has 0 fully saturated rings. The molecular formula is C18H28SiZr-4. The van der Waals surface area contributed by atoms with Gasteiger partial charge in [-0.3, -0.25) is 12.2 Å². The van der Waals surface area contributed by atoms with Gasteiger partial charge in [-0.25, -0.2) is 23.3 Å². The predicted molar refractivity (Wildman–Crippen MR) is 89.4 cm³/mol. The Morgan fingerprint density at radius 2 is 1.20 bits per heavy atom. The molecule has 0 spiro atoms. The molecule has 2 aliphatic rings. The van der Waals surface area contributed by atoms with E-state index in [0.29, 0.717) is 0 Å². The second-order valence-electron chi connectivity index (χ2n) is 3.93. The van der Waals surface area contributed by atoms with Crippen LogP contribution in [0.1, 0.15) is 53.4 Å². The van der Waals surface area contributed by atoms with Crippen molar-refractivity contribution >= 4 is 6.88 Å². The van der Waals surface area contributed by atoms with E-state index < -0.39 is 0 Å². The third-order valence-electron chi connectivity index (χ3n) is 1.73. The molecule has 0 amide bonds. The standard InChI is InChI=1S/2C6H7.2C3H7.Si.Zr/c2*1-6-4-2-3-5-6;2*1-3-2;;/h2*2,4H,3H2,1H3;2*1,3H2,2H3;;/q4*-1;;. The third-order valence-corrected chi connectivity index (χ3v) is 1.73. The molecule has 0 unspecified atom stereocenters. The maximum absolute atomic E-state index is 3.49. The van der Waals surface area contributed by atoms with Crippen LogP contribution in [0.4, 0.5) is 0 Å². The molecule has 112 valence electrons. The van der Waals surface area contributed by atoms with E-state index in [1.54, 1.807) is 0 Å². The fourth-order valence-corrected chi connectivity index (χ4v) is 1.03. The molecule has 0 bridgehead atoms. The predicted octanol–water partition coefficient (Wildman–Crippen LogP) is 5.47. The van der Waals surface area contributed by atoms with Crippen molar-refractivity contribution < 1.29 is 23.3 Å². The first-order valence-corrected chi connectivity index (χ1v) is 11.1. The normalized spacial score (nSPS) is 13.1. The molecule has 0 aromatic rings. The Morgan fingerprint density at radius 3 is 1.25 bits per heavy atom. The number of rotatable bonds is 0. The topological polar surface area (TPSA) is 0 Å². The van der Waals surface area contributed by atoms with Gasteiger partial charge in [-0.05, 0) is 0 Å². The van der Waals surface area contributed by atoms with E-state index >= 15 is 0 Å². The van der Waals surface area contributed by atoms with E-state index in [-0.39, 0.29) is 0 Å². The van der Waals surface area contributed by atoms with Gasteiger partial charge in [-0.2, -0.15) is 25.0 Å². The summed E-state index contributed by atoms with van der Waals surface area (Å²) in [5.74, 6) is 0. The van der Waals surface area contributed by atoms with Crippen molar-refractivity contribution in [3.8, 4) is 0 Å². The molecule has 0 nitrogen and oxygen atoms in total. The zero-order chi connectivity index (χ0) is 16.2. The average molecular weight is 364 g/mol. The van der Waals surface area contributed by atoms with Crippen molar-refractivity contribution in [2.45, 2.75) is 53.4 Å². The van der Waals surface area contributed by atoms with Gasteiger partial charge in [-0.15, -0.1) is 12.8 Å². The van der Waals surface area contributed by atoms with Crippen LogP contribution in [0, 0.1) is 26.0 Å². The fraction of sp³-hybridized carbons (Fsp3) is 0.444. The maximum atomic E-state index is 3.49. The summed E-state index contributed by atoms with van der Waals surface area (Å²) in [6, 6.07) is 0. The van der Waals surface area contributed by atoms with Gasteiger partial charge in [0, 0.05) is 0 Å². The minimum absolute atomic E-state index is 1.00. The van der Waals surface area contributed by atoms with Crippen molar-refractivity contribution in [3.63, 3.8) is 0 Å². The Hall–Kier alpha value is 0.0600. The van der Waals surface area contributed by atoms with Crippen molar-refractivity contribution in [2.75, 3.05) is 0 Å². The third kappa shape index (κ3) is 26.6. The van der Waals surface area contributed by atoms with Gasteiger partial charge in [0.2, 0.25) is 0 Å². The Labute approximate surface area is 144 Å². The molecule has 0 saturated heterocycles. The fourth-order valence-electron chi connectivity index (χ4n) is 1.03. The summed E-state index contributed by atoms with van der Waals surface area (Å²) in [4.78, 5) is 0. The van der Waals surface area contributed by atoms with Crippen LogP contribution in [0.15, 0.2) is 35.5 Å². The molecule has 0 aromatic heterocycles. The number of hydrogen-bond donors (Lipinski definition) is 0. The second kappa shape index (κ2) is 24.1. The van der Waals surface area contributed by atoms with Gasteiger partial charge < -0.3 is 13.8 Å². The summed E-state index contributed by atoms with van der Waals surface area (Å²) in [7, 11) is 0. The van der Waals surface area contributed by atoms with Crippen LogP contribution >= 0.6 is 0 Å². The van der Waals surface area contributed by atoms with Gasteiger partial charge in [-0.1, -0.05) is 27.7 Å². The summed E-state index contributed by atoms with van der Waals surface area (Å²) in [6.45, 7) is 18.2. The van der Waals surface area contributed by atoms with Crippen LogP contribution in [-0.4, -0.2) is 6.88 Å². The molecule has 2 radical (unpaired) electrons. The first-order valence-electron chi connectivity index (χ1n) is 6.93. The Balaban J connectivity index is -0.000000195. The van der Waals surface area contributed by atoms with E-state index in [2.05, 4.69) is 71.0 Å². The van der Waals surface area contributed by atoms with Crippen LogP contribution in [-0.2, 0) is 23.3 Å². The van der Waals surface area contributed by atoms with Gasteiger partial charge in [0.25, 0.3) is 0 Å². The van der Waals surface area contributed by atoms with Crippen molar-refractivity contribution in [3.05, 3.63) is 61.4 Å². The molecule has 0 saturated carbocycles. The average Bonchev–Trinajstić information content (AvgIpc) is 3.08. The summed E-state index contributed by atoms with van der Waals surface area (Å²) in [5, 5.41) is 0. The zero-order valence-electron chi connectivity index (χ0n) is 13.6. The van der Waals surface area contributed by atoms with Gasteiger partial charge in [0.05, 0.1) is 0 Å². The first-order chi connectivity index (χ1) is 9.62. The SMILES string of the molecule is CC1=[C-]CC=C1.CC1=[C-]CC=C1.[CH2-]CC.[CH2-]CC.[Si]=[Zr]. The quantitative estimate of drug-likeness (QED) is 0.395. The van der Waals surface area contributed by atoms with Crippen molar-refractivity contribution in [1.29, 1.82) is 0 Å². The monoisotopic (exact) mass is 362 g/mol.